The molecule has 1 aromatic rings. The van der Waals surface area contributed by atoms with Crippen LogP contribution in [0, 0.1) is 16.0 Å². The molecule has 1 saturated carbocycles. The summed E-state index contributed by atoms with van der Waals surface area (Å²) in [5.74, 6) is -0.755. The van der Waals surface area contributed by atoms with Gasteiger partial charge in [0.2, 0.25) is 0 Å². The van der Waals surface area contributed by atoms with Crippen molar-refractivity contribution in [2.75, 3.05) is 0 Å². The molecule has 136 valence electrons. The van der Waals surface area contributed by atoms with Crippen LogP contribution in [0.2, 0.25) is 5.02 Å². The average Bonchev–Trinajstić information content (AvgIpc) is 2.56. The molecule has 0 radical (unpaired) electrons. The van der Waals surface area contributed by atoms with Gasteiger partial charge in [-0.15, -0.1) is 0 Å². The van der Waals surface area contributed by atoms with Crippen LogP contribution in [0.3, 0.4) is 0 Å². The number of nitrogens with one attached hydrogen (secondary N) is 1. The molecule has 1 N–H and O–H groups in total. The Hall–Kier alpha value is -2.15. The number of halogens is 1. The number of nitro benzene ring substituents is 1. The highest BCUT2D eigenvalue weighted by Gasteiger charge is 2.27. The number of esters is 1. The van der Waals surface area contributed by atoms with E-state index in [1.807, 2.05) is 0 Å². The molecule has 25 heavy (non-hydrogen) atoms. The first kappa shape index (κ1) is 19.2. The molecule has 0 aromatic heterocycles. The molecule has 1 aliphatic carbocycles. The van der Waals surface area contributed by atoms with Crippen molar-refractivity contribution in [2.45, 2.75) is 51.7 Å². The van der Waals surface area contributed by atoms with E-state index in [2.05, 4.69) is 12.2 Å². The molecule has 0 saturated heterocycles. The van der Waals surface area contributed by atoms with E-state index >= 15 is 0 Å². The number of hydrogen-bond acceptors (Lipinski definition) is 5. The highest BCUT2D eigenvalue weighted by atomic mass is 35.5. The van der Waals surface area contributed by atoms with Gasteiger partial charge in [-0.05, 0) is 31.7 Å². The van der Waals surface area contributed by atoms with E-state index < -0.39 is 17.0 Å². The van der Waals surface area contributed by atoms with Gasteiger partial charge in [-0.3, -0.25) is 14.9 Å². The quantitative estimate of drug-likeness (QED) is 0.487. The maximum atomic E-state index is 12.2. The summed E-state index contributed by atoms with van der Waals surface area (Å²) in [5, 5.41) is 13.5. The van der Waals surface area contributed by atoms with E-state index in [9.17, 15) is 19.7 Å². The maximum absolute atomic E-state index is 12.2. The van der Waals surface area contributed by atoms with Gasteiger partial charge in [-0.1, -0.05) is 31.4 Å². The van der Waals surface area contributed by atoms with Crippen LogP contribution in [0.4, 0.5) is 5.69 Å². The van der Waals surface area contributed by atoms with E-state index in [-0.39, 0.29) is 28.2 Å². The smallest absolute Gasteiger partial charge is 0.340 e. The lowest BCUT2D eigenvalue weighted by Crippen LogP contribution is -2.46. The summed E-state index contributed by atoms with van der Waals surface area (Å²) in [6, 6.07) is 3.55. The lowest BCUT2D eigenvalue weighted by Gasteiger charge is -2.30. The van der Waals surface area contributed by atoms with E-state index in [1.165, 1.54) is 13.0 Å². The van der Waals surface area contributed by atoms with Crippen molar-refractivity contribution in [1.29, 1.82) is 0 Å². The van der Waals surface area contributed by atoms with Crippen molar-refractivity contribution in [3.05, 3.63) is 38.9 Å². The Balaban J connectivity index is 1.97. The molecule has 0 spiro atoms. The van der Waals surface area contributed by atoms with Gasteiger partial charge in [0.05, 0.1) is 15.5 Å². The highest BCUT2D eigenvalue weighted by molar-refractivity contribution is 6.33. The van der Waals surface area contributed by atoms with Crippen LogP contribution < -0.4 is 5.32 Å². The number of carbonyl (C=O) groups excluding carboxylic acids is 2. The Morgan fingerprint density at radius 2 is 2.04 bits per heavy atom. The molecule has 0 aliphatic heterocycles. The molecule has 0 unspecified atom stereocenters. The Morgan fingerprint density at radius 3 is 2.64 bits per heavy atom. The molecule has 1 aliphatic rings. The largest absolute Gasteiger partial charge is 0.449 e. The number of hydrogen-bond donors (Lipinski definition) is 1. The molecule has 0 bridgehead atoms. The standard InChI is InChI=1S/C17H21ClN2O5/c1-10-5-3-4-6-15(10)19-16(21)11(2)25-17(22)13-8-7-12(20(23)24)9-14(13)18/h7-11,15H,3-6H2,1-2H3,(H,19,21)/t10-,11+,15-/m0/s1. The van der Waals surface area contributed by atoms with Crippen LogP contribution in [-0.2, 0) is 9.53 Å². The molecule has 7 nitrogen and oxygen atoms in total. The topological polar surface area (TPSA) is 98.5 Å². The van der Waals surface area contributed by atoms with Crippen LogP contribution >= 0.6 is 11.6 Å². The molecule has 8 heteroatoms. The number of carbonyl (C=O) groups is 2. The molecular weight excluding hydrogens is 348 g/mol. The lowest BCUT2D eigenvalue weighted by molar-refractivity contribution is -0.384. The fraction of sp³-hybridized carbons (Fsp3) is 0.529. The van der Waals surface area contributed by atoms with E-state index in [0.29, 0.717) is 5.92 Å². The van der Waals surface area contributed by atoms with Crippen LogP contribution in [0.15, 0.2) is 18.2 Å². The minimum atomic E-state index is -0.979. The highest BCUT2D eigenvalue weighted by Crippen LogP contribution is 2.25. The third kappa shape index (κ3) is 4.92. The zero-order chi connectivity index (χ0) is 18.6. The molecule has 1 amide bonds. The van der Waals surface area contributed by atoms with E-state index in [0.717, 1.165) is 37.8 Å². The molecule has 2 rings (SSSR count). The van der Waals surface area contributed by atoms with Crippen LogP contribution in [-0.4, -0.2) is 28.9 Å². The van der Waals surface area contributed by atoms with Gasteiger partial charge in [0.25, 0.3) is 11.6 Å². The normalized spacial score (nSPS) is 21.2. The first-order valence-corrected chi connectivity index (χ1v) is 8.62. The van der Waals surface area contributed by atoms with Gasteiger partial charge in [0.1, 0.15) is 0 Å². The summed E-state index contributed by atoms with van der Waals surface area (Å²) < 4.78 is 5.15. The van der Waals surface area contributed by atoms with E-state index in [1.54, 1.807) is 0 Å². The van der Waals surface area contributed by atoms with Crippen molar-refractivity contribution in [2.24, 2.45) is 5.92 Å². The third-order valence-electron chi connectivity index (χ3n) is 4.48. The first-order valence-electron chi connectivity index (χ1n) is 8.25. The Morgan fingerprint density at radius 1 is 1.36 bits per heavy atom. The van der Waals surface area contributed by atoms with Gasteiger partial charge in [-0.2, -0.15) is 0 Å². The number of benzene rings is 1. The van der Waals surface area contributed by atoms with Gasteiger partial charge < -0.3 is 10.1 Å². The molecule has 1 aromatic carbocycles. The number of amides is 1. The summed E-state index contributed by atoms with van der Waals surface area (Å²) >= 11 is 5.90. The number of rotatable bonds is 5. The molecule has 3 atom stereocenters. The maximum Gasteiger partial charge on any atom is 0.340 e. The Labute approximate surface area is 150 Å². The first-order chi connectivity index (χ1) is 11.8. The Bertz CT molecular complexity index is 679. The second-order valence-electron chi connectivity index (χ2n) is 6.35. The van der Waals surface area contributed by atoms with Crippen molar-refractivity contribution in [3.63, 3.8) is 0 Å². The average molecular weight is 369 g/mol. The summed E-state index contributed by atoms with van der Waals surface area (Å²) in [5.41, 5.74) is -0.239. The summed E-state index contributed by atoms with van der Waals surface area (Å²) in [4.78, 5) is 34.5. The van der Waals surface area contributed by atoms with Crippen LogP contribution in [0.25, 0.3) is 0 Å². The van der Waals surface area contributed by atoms with E-state index in [4.69, 9.17) is 16.3 Å². The fourth-order valence-corrected chi connectivity index (χ4v) is 3.14. The fourth-order valence-electron chi connectivity index (χ4n) is 2.89. The predicted octanol–water partition coefficient (Wildman–Crippen LogP) is 3.49. The van der Waals surface area contributed by atoms with Crippen molar-refractivity contribution < 1.29 is 19.2 Å². The van der Waals surface area contributed by atoms with Crippen molar-refractivity contribution in [1.82, 2.24) is 5.32 Å². The summed E-state index contributed by atoms with van der Waals surface area (Å²) in [6.45, 7) is 3.58. The van der Waals surface area contributed by atoms with Gasteiger partial charge in [-0.25, -0.2) is 4.79 Å². The zero-order valence-corrected chi connectivity index (χ0v) is 14.9. The summed E-state index contributed by atoms with van der Waals surface area (Å²) in [7, 11) is 0. The second kappa shape index (κ2) is 8.29. The monoisotopic (exact) mass is 368 g/mol. The number of nitro groups is 1. The molecular formula is C17H21ClN2O5. The SMILES string of the molecule is C[C@@H](OC(=O)c1ccc([N+](=O)[O-])cc1Cl)C(=O)N[C@H]1CCCC[C@@H]1C. The number of non-ortho nitro benzene ring substituents is 1. The van der Waals surface area contributed by atoms with Gasteiger partial charge in [0, 0.05) is 18.2 Å². The van der Waals surface area contributed by atoms with Gasteiger partial charge >= 0.3 is 5.97 Å². The van der Waals surface area contributed by atoms with Crippen LogP contribution in [0.1, 0.15) is 49.9 Å². The third-order valence-corrected chi connectivity index (χ3v) is 4.79. The van der Waals surface area contributed by atoms with Crippen molar-refractivity contribution >= 4 is 29.2 Å². The summed E-state index contributed by atoms with van der Waals surface area (Å²) in [6.07, 6.45) is 3.24. The lowest BCUT2D eigenvalue weighted by atomic mass is 9.86. The second-order valence-corrected chi connectivity index (χ2v) is 6.75. The van der Waals surface area contributed by atoms with Crippen LogP contribution in [0.5, 0.6) is 0 Å². The Kier molecular flexibility index (Phi) is 6.36. The van der Waals surface area contributed by atoms with Crippen molar-refractivity contribution in [3.8, 4) is 0 Å². The molecule has 0 heterocycles. The van der Waals surface area contributed by atoms with Gasteiger partial charge in [0.15, 0.2) is 6.10 Å². The number of ether oxygens (including phenoxy) is 1. The minimum Gasteiger partial charge on any atom is -0.449 e. The predicted molar refractivity (Wildman–Crippen MR) is 92.5 cm³/mol. The minimum absolute atomic E-state index is 0.0158. The number of nitrogens with zero attached hydrogens (tertiary/aromatic N) is 1. The molecule has 1 fully saturated rings. The zero-order valence-electron chi connectivity index (χ0n) is 14.2.